The number of rotatable bonds is 3. The molecule has 1 heterocycles. The van der Waals surface area contributed by atoms with E-state index in [0.29, 0.717) is 12.1 Å². The van der Waals surface area contributed by atoms with E-state index in [-0.39, 0.29) is 23.5 Å². The lowest BCUT2D eigenvalue weighted by Crippen LogP contribution is -2.39. The molecule has 1 aliphatic rings. The molecule has 0 aromatic heterocycles. The minimum atomic E-state index is -0.440. The third-order valence-corrected chi connectivity index (χ3v) is 3.98. The van der Waals surface area contributed by atoms with Crippen LogP contribution in [0.4, 0.5) is 10.1 Å². The van der Waals surface area contributed by atoms with Gasteiger partial charge < -0.3 is 10.4 Å². The summed E-state index contributed by atoms with van der Waals surface area (Å²) in [4.78, 5) is 12.3. The van der Waals surface area contributed by atoms with Gasteiger partial charge in [-0.3, -0.25) is 4.79 Å². The van der Waals surface area contributed by atoms with Crippen molar-refractivity contribution in [1.82, 2.24) is 10.9 Å². The molecule has 1 fully saturated rings. The minimum absolute atomic E-state index is 0.154. The zero-order valence-corrected chi connectivity index (χ0v) is 12.6. The highest BCUT2D eigenvalue weighted by Gasteiger charge is 2.31. The predicted molar refractivity (Wildman–Crippen MR) is 85.3 cm³/mol. The number of amides is 1. The summed E-state index contributed by atoms with van der Waals surface area (Å²) in [7, 11) is 0. The fourth-order valence-corrected chi connectivity index (χ4v) is 2.66. The highest BCUT2D eigenvalue weighted by Crippen LogP contribution is 2.31. The molecule has 1 aliphatic heterocycles. The number of halogens is 1. The fraction of sp³-hybridized carbons (Fsp3) is 0.235. The lowest BCUT2D eigenvalue weighted by Gasteiger charge is -2.13. The molecule has 1 amide bonds. The van der Waals surface area contributed by atoms with Crippen LogP contribution in [0.15, 0.2) is 42.5 Å². The summed E-state index contributed by atoms with van der Waals surface area (Å²) in [5, 5.41) is 12.9. The van der Waals surface area contributed by atoms with Crippen LogP contribution in [0.1, 0.15) is 23.6 Å². The van der Waals surface area contributed by atoms with Crippen molar-refractivity contribution in [1.29, 1.82) is 0 Å². The Morgan fingerprint density at radius 3 is 2.70 bits per heavy atom. The van der Waals surface area contributed by atoms with E-state index in [0.717, 1.165) is 11.1 Å². The first-order valence-corrected chi connectivity index (χ1v) is 7.40. The Bertz CT molecular complexity index is 718. The lowest BCUT2D eigenvalue weighted by molar-refractivity contribution is -0.117. The van der Waals surface area contributed by atoms with Crippen molar-refractivity contribution in [3.63, 3.8) is 0 Å². The topological polar surface area (TPSA) is 73.4 Å². The molecule has 5 nitrogen and oxygen atoms in total. The van der Waals surface area contributed by atoms with E-state index in [4.69, 9.17) is 0 Å². The molecule has 0 spiro atoms. The first-order chi connectivity index (χ1) is 11.0. The van der Waals surface area contributed by atoms with Crippen molar-refractivity contribution in [3.8, 4) is 5.75 Å². The standard InChI is InChI=1S/C17H18FN3O2/c1-10-3-2-4-13(16(10)22)14-9-15(21-20-14)17(23)19-12-7-5-11(18)6-8-12/h2-8,14-15,20-22H,9H2,1H3,(H,19,23). The van der Waals surface area contributed by atoms with Gasteiger partial charge in [-0.2, -0.15) is 0 Å². The van der Waals surface area contributed by atoms with Crippen LogP contribution < -0.4 is 16.2 Å². The van der Waals surface area contributed by atoms with Gasteiger partial charge in [0.1, 0.15) is 17.6 Å². The smallest absolute Gasteiger partial charge is 0.242 e. The Kier molecular flexibility index (Phi) is 4.27. The summed E-state index contributed by atoms with van der Waals surface area (Å²) in [6.07, 6.45) is 0.504. The van der Waals surface area contributed by atoms with Crippen LogP contribution in [0.25, 0.3) is 0 Å². The molecule has 2 aromatic rings. The number of carbonyl (C=O) groups is 1. The van der Waals surface area contributed by atoms with Crippen LogP contribution in [0.3, 0.4) is 0 Å². The molecule has 0 saturated carbocycles. The van der Waals surface area contributed by atoms with E-state index >= 15 is 0 Å². The lowest BCUT2D eigenvalue weighted by atomic mass is 9.99. The van der Waals surface area contributed by atoms with Gasteiger partial charge in [-0.15, -0.1) is 0 Å². The average molecular weight is 315 g/mol. The maximum atomic E-state index is 12.9. The average Bonchev–Trinajstić information content (AvgIpc) is 3.02. The molecule has 3 rings (SSSR count). The molecule has 2 atom stereocenters. The SMILES string of the molecule is Cc1cccc(C2CC(C(=O)Nc3ccc(F)cc3)NN2)c1O. The van der Waals surface area contributed by atoms with Crippen molar-refractivity contribution in [2.24, 2.45) is 0 Å². The summed E-state index contributed by atoms with van der Waals surface area (Å²) < 4.78 is 12.9. The maximum Gasteiger partial charge on any atom is 0.242 e. The van der Waals surface area contributed by atoms with Crippen molar-refractivity contribution in [2.45, 2.75) is 25.4 Å². The monoisotopic (exact) mass is 315 g/mol. The number of hydrogen-bond acceptors (Lipinski definition) is 4. The number of para-hydroxylation sites is 1. The molecule has 0 aliphatic carbocycles. The summed E-state index contributed by atoms with van der Waals surface area (Å²) in [5.41, 5.74) is 8.07. The number of phenolic OH excluding ortho intramolecular Hbond substituents is 1. The van der Waals surface area contributed by atoms with Crippen molar-refractivity contribution < 1.29 is 14.3 Å². The summed E-state index contributed by atoms with van der Waals surface area (Å²) in [6.45, 7) is 1.83. The highest BCUT2D eigenvalue weighted by molar-refractivity contribution is 5.95. The van der Waals surface area contributed by atoms with Gasteiger partial charge >= 0.3 is 0 Å². The van der Waals surface area contributed by atoms with Gasteiger partial charge in [0.15, 0.2) is 0 Å². The Hall–Kier alpha value is -2.44. The second-order valence-electron chi connectivity index (χ2n) is 5.64. The number of aryl methyl sites for hydroxylation is 1. The second-order valence-corrected chi connectivity index (χ2v) is 5.64. The molecule has 2 aromatic carbocycles. The van der Waals surface area contributed by atoms with Crippen LogP contribution in [0.2, 0.25) is 0 Å². The van der Waals surface area contributed by atoms with E-state index in [2.05, 4.69) is 16.2 Å². The number of phenols is 1. The zero-order valence-electron chi connectivity index (χ0n) is 12.6. The molecule has 4 N–H and O–H groups in total. The number of anilines is 1. The Morgan fingerprint density at radius 1 is 1.22 bits per heavy atom. The van der Waals surface area contributed by atoms with E-state index in [1.165, 1.54) is 24.3 Å². The summed E-state index contributed by atoms with van der Waals surface area (Å²) in [5.74, 6) is -0.316. The highest BCUT2D eigenvalue weighted by atomic mass is 19.1. The number of hydrogen-bond donors (Lipinski definition) is 4. The normalized spacial score (nSPS) is 20.4. The molecule has 2 unspecified atom stereocenters. The van der Waals surface area contributed by atoms with Gasteiger partial charge in [-0.25, -0.2) is 15.2 Å². The van der Waals surface area contributed by atoms with E-state index in [9.17, 15) is 14.3 Å². The fourth-order valence-electron chi connectivity index (χ4n) is 2.66. The molecule has 6 heteroatoms. The summed E-state index contributed by atoms with van der Waals surface area (Å²) in [6, 6.07) is 10.6. The van der Waals surface area contributed by atoms with Crippen LogP contribution >= 0.6 is 0 Å². The third kappa shape index (κ3) is 3.33. The number of carbonyl (C=O) groups excluding carboxylic acids is 1. The van der Waals surface area contributed by atoms with E-state index < -0.39 is 6.04 Å². The second kappa shape index (κ2) is 6.36. The van der Waals surface area contributed by atoms with E-state index in [1.54, 1.807) is 0 Å². The van der Waals surface area contributed by atoms with Gasteiger partial charge in [0.25, 0.3) is 0 Å². The van der Waals surface area contributed by atoms with Gasteiger partial charge in [-0.05, 0) is 43.2 Å². The van der Waals surface area contributed by atoms with Crippen molar-refractivity contribution in [3.05, 3.63) is 59.4 Å². The number of aromatic hydroxyl groups is 1. The number of hydrazine groups is 1. The van der Waals surface area contributed by atoms with Crippen LogP contribution in [-0.4, -0.2) is 17.1 Å². The number of nitrogens with one attached hydrogen (secondary N) is 3. The van der Waals surface area contributed by atoms with Crippen molar-refractivity contribution in [2.75, 3.05) is 5.32 Å². The molecule has 0 bridgehead atoms. The van der Waals surface area contributed by atoms with Gasteiger partial charge in [0.05, 0.1) is 6.04 Å². The van der Waals surface area contributed by atoms with Crippen LogP contribution in [0.5, 0.6) is 5.75 Å². The zero-order chi connectivity index (χ0) is 16.4. The number of benzene rings is 2. The van der Waals surface area contributed by atoms with Gasteiger partial charge in [0, 0.05) is 11.3 Å². The van der Waals surface area contributed by atoms with E-state index in [1.807, 2.05) is 25.1 Å². The largest absolute Gasteiger partial charge is 0.507 e. The molecule has 23 heavy (non-hydrogen) atoms. The van der Waals surface area contributed by atoms with Gasteiger partial charge in [0.2, 0.25) is 5.91 Å². The molecule has 0 radical (unpaired) electrons. The quantitative estimate of drug-likeness (QED) is 0.702. The van der Waals surface area contributed by atoms with Crippen LogP contribution in [-0.2, 0) is 4.79 Å². The van der Waals surface area contributed by atoms with Crippen molar-refractivity contribution >= 4 is 11.6 Å². The Balaban J connectivity index is 1.66. The van der Waals surface area contributed by atoms with Crippen LogP contribution in [0, 0.1) is 12.7 Å². The minimum Gasteiger partial charge on any atom is -0.507 e. The molecular weight excluding hydrogens is 297 g/mol. The molecule has 1 saturated heterocycles. The van der Waals surface area contributed by atoms with Gasteiger partial charge in [-0.1, -0.05) is 18.2 Å². The maximum absolute atomic E-state index is 12.9. The molecular formula is C17H18FN3O2. The summed E-state index contributed by atoms with van der Waals surface area (Å²) >= 11 is 0. The first kappa shape index (κ1) is 15.5. The first-order valence-electron chi connectivity index (χ1n) is 7.40. The Labute approximate surface area is 133 Å². The molecule has 120 valence electrons. The third-order valence-electron chi connectivity index (χ3n) is 3.98. The predicted octanol–water partition coefficient (Wildman–Crippen LogP) is 2.39. The Morgan fingerprint density at radius 2 is 1.96 bits per heavy atom.